The van der Waals surface area contributed by atoms with Crippen molar-refractivity contribution in [2.75, 3.05) is 0 Å². The Morgan fingerprint density at radius 1 is 1.00 bits per heavy atom. The second-order valence-electron chi connectivity index (χ2n) is 0.415. The van der Waals surface area contributed by atoms with Crippen molar-refractivity contribution in [3.05, 3.63) is 0 Å². The first-order chi connectivity index (χ1) is 2.00. The zero-order valence-electron chi connectivity index (χ0n) is 2.74. The van der Waals surface area contributed by atoms with Crippen molar-refractivity contribution < 1.29 is 62.7 Å². The van der Waals surface area contributed by atoms with Gasteiger partial charge >= 0.3 is 67.1 Å². The molecular weight excluding hydrogens is 250 g/mol. The Kier molecular flexibility index (Phi) is 43.3. The van der Waals surface area contributed by atoms with Gasteiger partial charge in [-0.25, -0.2) is 0 Å². The van der Waals surface area contributed by atoms with E-state index in [0.29, 0.717) is 0 Å². The molecule has 2 N–H and O–H groups in total. The number of hydrogen-bond acceptors (Lipinski definition) is 2. The van der Waals surface area contributed by atoms with Gasteiger partial charge in [0.15, 0.2) is 0 Å². The molecular formula is H4CoLi2MnNiO4. The third-order valence-electron chi connectivity index (χ3n) is 0. The molecule has 9 heavy (non-hydrogen) atoms. The SMILES string of the molecule is [Co].[LiH].[LiH].[Ni].[O]=[Mn](=[O])([OH])[OH]. The van der Waals surface area contributed by atoms with E-state index in [-0.39, 0.29) is 71.0 Å². The third kappa shape index (κ3) is 139. The summed E-state index contributed by atoms with van der Waals surface area (Å²) in [6.07, 6.45) is 0. The van der Waals surface area contributed by atoms with Crippen LogP contribution < -0.4 is 0 Å². The molecule has 56 valence electrons. The normalized spacial score (nSPS) is 6.44. The van der Waals surface area contributed by atoms with Crippen LogP contribution in [-0.4, -0.2) is 46.1 Å². The molecule has 0 bridgehead atoms. The van der Waals surface area contributed by atoms with Crippen LogP contribution in [0, 0.1) is 0 Å². The van der Waals surface area contributed by atoms with E-state index in [4.69, 9.17) is 16.0 Å². The quantitative estimate of drug-likeness (QED) is 0.463. The first-order valence-electron chi connectivity index (χ1n) is 0.647. The first-order valence-corrected chi connectivity index (χ1v) is 2.67. The van der Waals surface area contributed by atoms with Crippen LogP contribution in [0.1, 0.15) is 0 Å². The fraction of sp³-hybridized carbons (Fsp3) is 0. The van der Waals surface area contributed by atoms with Crippen LogP contribution in [0.4, 0.5) is 0 Å². The Morgan fingerprint density at radius 2 is 1.00 bits per heavy atom. The Labute approximate surface area is 99.3 Å². The molecule has 9 heteroatoms. The van der Waals surface area contributed by atoms with Gasteiger partial charge in [-0.05, 0) is 0 Å². The van der Waals surface area contributed by atoms with E-state index in [9.17, 15) is 0 Å². The van der Waals surface area contributed by atoms with Gasteiger partial charge in [-0.2, -0.15) is 0 Å². The molecule has 4 nitrogen and oxygen atoms in total. The molecule has 1 radical (unpaired) electrons. The molecule has 0 spiro atoms. The Morgan fingerprint density at radius 3 is 1.00 bits per heavy atom. The van der Waals surface area contributed by atoms with Gasteiger partial charge in [0.2, 0.25) is 0 Å². The Balaban J connectivity index is -0.0000000133. The summed E-state index contributed by atoms with van der Waals surface area (Å²) in [5, 5.41) is 0. The minimum atomic E-state index is -5.12. The van der Waals surface area contributed by atoms with Gasteiger partial charge in [-0.15, -0.1) is 0 Å². The molecule has 0 saturated carbocycles. The predicted molar refractivity (Wildman–Crippen MR) is 20.1 cm³/mol. The van der Waals surface area contributed by atoms with Gasteiger partial charge in [-0.1, -0.05) is 0 Å². The summed E-state index contributed by atoms with van der Waals surface area (Å²) in [5.74, 6) is 0. The van der Waals surface area contributed by atoms with Crippen molar-refractivity contribution >= 4 is 37.7 Å². The summed E-state index contributed by atoms with van der Waals surface area (Å²) in [4.78, 5) is 0. The molecule has 0 aliphatic rings. The summed E-state index contributed by atoms with van der Waals surface area (Å²) in [6, 6.07) is 0. The molecule has 0 aromatic heterocycles. The van der Waals surface area contributed by atoms with Gasteiger partial charge < -0.3 is 0 Å². The maximum absolute atomic E-state index is 8.80. The van der Waals surface area contributed by atoms with Crippen LogP contribution in [-0.2, 0) is 54.3 Å². The van der Waals surface area contributed by atoms with Crippen molar-refractivity contribution in [3.63, 3.8) is 0 Å². The predicted octanol–water partition coefficient (Wildman–Crippen LogP) is -2.66. The molecule has 0 rings (SSSR count). The molecule has 0 aromatic rings. The summed E-state index contributed by atoms with van der Waals surface area (Å²) in [7, 11) is 0. The van der Waals surface area contributed by atoms with Gasteiger partial charge in [0, 0.05) is 33.3 Å². The van der Waals surface area contributed by atoms with E-state index >= 15 is 0 Å². The van der Waals surface area contributed by atoms with Crippen molar-refractivity contribution in [2.24, 2.45) is 0 Å². The molecule has 0 aliphatic carbocycles. The first kappa shape index (κ1) is 30.3. The summed E-state index contributed by atoms with van der Waals surface area (Å²) >= 11 is -5.12. The Bertz CT molecular complexity index is 102. The van der Waals surface area contributed by atoms with Crippen molar-refractivity contribution in [1.29, 1.82) is 0 Å². The van der Waals surface area contributed by atoms with E-state index in [0.717, 1.165) is 0 Å². The standard InChI is InChI=1S/Co.2Li.Mn.Ni.2H2O.2O.2H/h;;;;;2*1H2;;;;/q;;;+2;;;;;;;/p-2. The van der Waals surface area contributed by atoms with Crippen LogP contribution in [0.15, 0.2) is 0 Å². The summed E-state index contributed by atoms with van der Waals surface area (Å²) < 4.78 is 31.8. The van der Waals surface area contributed by atoms with Gasteiger partial charge in [0.25, 0.3) is 0 Å². The minimum absolute atomic E-state index is 0. The average Bonchev–Trinajstić information content (AvgIpc) is 0.722. The number of hydrogen-bond donors (Lipinski definition) is 2. The molecule has 0 amide bonds. The second kappa shape index (κ2) is 12.9. The van der Waals surface area contributed by atoms with Gasteiger partial charge in [0.05, 0.1) is 0 Å². The van der Waals surface area contributed by atoms with Crippen molar-refractivity contribution in [3.8, 4) is 0 Å². The molecule has 0 heterocycles. The van der Waals surface area contributed by atoms with Crippen LogP contribution in [0.25, 0.3) is 0 Å². The Hall–Kier alpha value is 2.23. The van der Waals surface area contributed by atoms with E-state index in [1.807, 2.05) is 0 Å². The van der Waals surface area contributed by atoms with E-state index in [1.165, 1.54) is 0 Å². The van der Waals surface area contributed by atoms with Gasteiger partial charge in [-0.3, -0.25) is 0 Å². The zero-order valence-corrected chi connectivity index (χ0v) is 5.95. The monoisotopic (exact) mass is 254 g/mol. The zero-order chi connectivity index (χ0) is 4.50. The van der Waals surface area contributed by atoms with Crippen molar-refractivity contribution in [1.82, 2.24) is 0 Å². The van der Waals surface area contributed by atoms with Crippen LogP contribution in [0.3, 0.4) is 0 Å². The van der Waals surface area contributed by atoms with E-state index in [2.05, 4.69) is 0 Å². The second-order valence-corrected chi connectivity index (χ2v) is 1.71. The van der Waals surface area contributed by atoms with Gasteiger partial charge in [0.1, 0.15) is 0 Å². The molecule has 0 aliphatic heterocycles. The molecule has 0 fully saturated rings. The van der Waals surface area contributed by atoms with Crippen LogP contribution in [0.5, 0.6) is 0 Å². The van der Waals surface area contributed by atoms with Crippen LogP contribution in [0.2, 0.25) is 0 Å². The van der Waals surface area contributed by atoms with Crippen LogP contribution >= 0.6 is 0 Å². The van der Waals surface area contributed by atoms with E-state index in [1.54, 1.807) is 0 Å². The third-order valence-corrected chi connectivity index (χ3v) is 0. The van der Waals surface area contributed by atoms with E-state index < -0.39 is 13.4 Å². The average molecular weight is 254 g/mol. The topological polar surface area (TPSA) is 74.6 Å². The number of rotatable bonds is 0. The molecule has 0 unspecified atom stereocenters. The molecule has 0 aromatic carbocycles. The molecule has 0 saturated heterocycles. The summed E-state index contributed by atoms with van der Waals surface area (Å²) in [5.41, 5.74) is 0. The summed E-state index contributed by atoms with van der Waals surface area (Å²) in [6.45, 7) is 0. The molecule has 0 atom stereocenters. The fourth-order valence-electron chi connectivity index (χ4n) is 0. The fourth-order valence-corrected chi connectivity index (χ4v) is 0. The maximum atomic E-state index is 8.80. The van der Waals surface area contributed by atoms with Crippen molar-refractivity contribution in [2.45, 2.75) is 0 Å².